The zero-order chi connectivity index (χ0) is 22.0. The van der Waals surface area contributed by atoms with Gasteiger partial charge in [-0.15, -0.1) is 0 Å². The number of fused-ring (bicyclic) bond motifs is 1. The lowest BCUT2D eigenvalue weighted by Gasteiger charge is -2.23. The largest absolute Gasteiger partial charge is 0.479 e. The molecule has 0 bridgehead atoms. The van der Waals surface area contributed by atoms with Crippen LogP contribution in [0.2, 0.25) is 0 Å². The van der Waals surface area contributed by atoms with Crippen LogP contribution in [0.5, 0.6) is 11.6 Å². The molecule has 2 aromatic heterocycles. The van der Waals surface area contributed by atoms with E-state index in [2.05, 4.69) is 21.9 Å². The highest BCUT2D eigenvalue weighted by Gasteiger charge is 2.36. The van der Waals surface area contributed by atoms with Gasteiger partial charge in [-0.2, -0.15) is 9.97 Å². The Morgan fingerprint density at radius 3 is 2.77 bits per heavy atom. The Labute approximate surface area is 186 Å². The lowest BCUT2D eigenvalue weighted by atomic mass is 10.1. The normalized spacial score (nSPS) is 23.0. The minimum atomic E-state index is -2.45. The number of ether oxygens (including phenoxy) is 2. The predicted molar refractivity (Wildman–Crippen MR) is 122 cm³/mol. The van der Waals surface area contributed by atoms with Crippen LogP contribution >= 0.6 is 6.49 Å². The van der Waals surface area contributed by atoms with E-state index in [1.165, 1.54) is 7.11 Å². The predicted octanol–water partition coefficient (Wildman–Crippen LogP) is 3.77. The maximum Gasteiger partial charge on any atom is 0.246 e. The summed E-state index contributed by atoms with van der Waals surface area (Å²) in [5, 5.41) is 0. The number of rotatable bonds is 8. The van der Waals surface area contributed by atoms with Gasteiger partial charge in [0, 0.05) is 12.1 Å². The number of aromatic nitrogens is 4. The molecule has 1 unspecified atom stereocenters. The Hall–Kier alpha value is -2.26. The van der Waals surface area contributed by atoms with Gasteiger partial charge in [-0.05, 0) is 30.4 Å². The Balaban J connectivity index is 1.46. The van der Waals surface area contributed by atoms with E-state index in [-0.39, 0.29) is 24.2 Å². The van der Waals surface area contributed by atoms with Gasteiger partial charge in [-0.1, -0.05) is 32.0 Å². The lowest BCUT2D eigenvalue weighted by molar-refractivity contribution is -0.0248. The molecule has 166 valence electrons. The molecule has 31 heavy (non-hydrogen) atoms. The van der Waals surface area contributed by atoms with E-state index in [0.29, 0.717) is 29.8 Å². The van der Waals surface area contributed by atoms with Crippen LogP contribution in [0.25, 0.3) is 11.2 Å². The van der Waals surface area contributed by atoms with Gasteiger partial charge in [0.05, 0.1) is 26.1 Å². The molecule has 3 aromatic rings. The van der Waals surface area contributed by atoms with Crippen molar-refractivity contribution in [2.75, 3.05) is 25.6 Å². The van der Waals surface area contributed by atoms with Gasteiger partial charge < -0.3 is 24.3 Å². The molecule has 1 saturated heterocycles. The molecule has 9 nitrogen and oxygen atoms in total. The molecule has 0 radical (unpaired) electrons. The second kappa shape index (κ2) is 9.08. The van der Waals surface area contributed by atoms with Crippen LogP contribution in [0.4, 0.5) is 5.95 Å². The summed E-state index contributed by atoms with van der Waals surface area (Å²) in [4.78, 5) is 12.8. The fraction of sp³-hybridized carbons (Fsp3) is 0.450. The van der Waals surface area contributed by atoms with Gasteiger partial charge in [0.1, 0.15) is 12.0 Å². The van der Waals surface area contributed by atoms with E-state index in [1.807, 2.05) is 41.8 Å². The Morgan fingerprint density at radius 2 is 2.06 bits per heavy atom. The first-order valence-electron chi connectivity index (χ1n) is 10.1. The molecule has 0 amide bonds. The third-order valence-electron chi connectivity index (χ3n) is 5.16. The number of hydrogen-bond acceptors (Lipinski definition) is 9. The van der Waals surface area contributed by atoms with Crippen LogP contribution in [0.15, 0.2) is 36.7 Å². The summed E-state index contributed by atoms with van der Waals surface area (Å²) in [5.74, 6) is 1.40. The van der Waals surface area contributed by atoms with Crippen LogP contribution in [-0.4, -0.2) is 45.5 Å². The van der Waals surface area contributed by atoms with Crippen LogP contribution < -0.4 is 15.0 Å². The van der Waals surface area contributed by atoms with Crippen molar-refractivity contribution in [1.82, 2.24) is 19.5 Å². The Kier molecular flexibility index (Phi) is 6.43. The quantitative estimate of drug-likeness (QED) is 0.500. The number of methoxy groups -OCH3 is 1. The van der Waals surface area contributed by atoms with E-state index in [9.17, 15) is 0 Å². The number of nitrogens with two attached hydrogens (primary N) is 1. The zero-order valence-corrected chi connectivity index (χ0v) is 19.4. The van der Waals surface area contributed by atoms with E-state index in [4.69, 9.17) is 36.1 Å². The highest BCUT2D eigenvalue weighted by Crippen LogP contribution is 2.49. The zero-order valence-electron chi connectivity index (χ0n) is 17.7. The van der Waals surface area contributed by atoms with Gasteiger partial charge in [-0.25, -0.2) is 4.98 Å². The van der Waals surface area contributed by atoms with Crippen LogP contribution in [0.1, 0.15) is 26.5 Å². The molecule has 1 fully saturated rings. The van der Waals surface area contributed by atoms with Crippen molar-refractivity contribution in [3.05, 3.63) is 36.7 Å². The minimum absolute atomic E-state index is 0.119. The van der Waals surface area contributed by atoms with Gasteiger partial charge in [-0.3, -0.25) is 4.57 Å². The highest BCUT2D eigenvalue weighted by molar-refractivity contribution is 8.10. The number of hydrogen-bond donors (Lipinski definition) is 1. The first-order valence-corrected chi connectivity index (χ1v) is 12.9. The lowest BCUT2D eigenvalue weighted by Crippen LogP contribution is -2.17. The van der Waals surface area contributed by atoms with Crippen LogP contribution in [-0.2, 0) is 21.1 Å². The van der Waals surface area contributed by atoms with Crippen molar-refractivity contribution in [3.63, 3.8) is 0 Å². The first kappa shape index (κ1) is 22.0. The number of imidazole rings is 1. The number of benzene rings is 1. The summed E-state index contributed by atoms with van der Waals surface area (Å²) in [6.07, 6.45) is 2.75. The summed E-state index contributed by atoms with van der Waals surface area (Å²) < 4.78 is 25.6. The first-order chi connectivity index (χ1) is 14.9. The molecule has 1 aliphatic heterocycles. The van der Waals surface area contributed by atoms with Crippen molar-refractivity contribution in [2.24, 2.45) is 5.92 Å². The maximum absolute atomic E-state index is 6.30. The molecule has 2 N–H and O–H groups in total. The summed E-state index contributed by atoms with van der Waals surface area (Å²) >= 11 is 5.71. The second-order valence-electron chi connectivity index (χ2n) is 7.40. The average Bonchev–Trinajstić information content (AvgIpc) is 3.35. The average molecular weight is 464 g/mol. The molecule has 4 rings (SSSR count). The highest BCUT2D eigenvalue weighted by atomic mass is 32.5. The van der Waals surface area contributed by atoms with Crippen LogP contribution in [0.3, 0.4) is 0 Å². The molecule has 0 spiro atoms. The van der Waals surface area contributed by atoms with Gasteiger partial charge in [0.2, 0.25) is 18.3 Å². The number of anilines is 1. The topological polar surface area (TPSA) is 107 Å². The Morgan fingerprint density at radius 1 is 1.29 bits per heavy atom. The molecule has 0 saturated carbocycles. The third-order valence-corrected chi connectivity index (χ3v) is 8.28. The SMILES string of the molecule is CCP(=S)(OC[C@@H]1C[C@H](C)[C@H](n2cnc3c(OC)nc(N)nc32)O1)Oc1ccccc1. The number of nitrogen functional groups attached to an aromatic ring is 1. The van der Waals surface area contributed by atoms with Gasteiger partial charge in [0.15, 0.2) is 11.2 Å². The van der Waals surface area contributed by atoms with E-state index >= 15 is 0 Å². The molecule has 0 aliphatic carbocycles. The molecule has 11 heteroatoms. The van der Waals surface area contributed by atoms with E-state index in [0.717, 1.165) is 12.2 Å². The molecular formula is C20H26N5O4PS. The maximum atomic E-state index is 6.30. The summed E-state index contributed by atoms with van der Waals surface area (Å²) in [5.41, 5.74) is 6.96. The molecule has 3 heterocycles. The van der Waals surface area contributed by atoms with E-state index < -0.39 is 6.49 Å². The smallest absolute Gasteiger partial charge is 0.246 e. The summed E-state index contributed by atoms with van der Waals surface area (Å²) in [6.45, 7) is 2.02. The van der Waals surface area contributed by atoms with Gasteiger partial charge in [0.25, 0.3) is 0 Å². The van der Waals surface area contributed by atoms with Crippen molar-refractivity contribution < 1.29 is 18.5 Å². The monoisotopic (exact) mass is 463 g/mol. The summed E-state index contributed by atoms with van der Waals surface area (Å²) in [7, 11) is 1.53. The number of para-hydroxylation sites is 1. The number of nitrogens with zero attached hydrogens (tertiary/aromatic N) is 4. The minimum Gasteiger partial charge on any atom is -0.479 e. The van der Waals surface area contributed by atoms with E-state index in [1.54, 1.807) is 6.33 Å². The molecule has 1 aliphatic rings. The van der Waals surface area contributed by atoms with Crippen LogP contribution in [0, 0.1) is 5.92 Å². The van der Waals surface area contributed by atoms with Crippen molar-refractivity contribution >= 4 is 35.4 Å². The second-order valence-corrected chi connectivity index (χ2v) is 11.4. The van der Waals surface area contributed by atoms with Crippen molar-refractivity contribution in [3.8, 4) is 11.6 Å². The van der Waals surface area contributed by atoms with Gasteiger partial charge >= 0.3 is 0 Å². The van der Waals surface area contributed by atoms with Crippen molar-refractivity contribution in [2.45, 2.75) is 32.6 Å². The van der Waals surface area contributed by atoms with Crippen molar-refractivity contribution in [1.29, 1.82) is 0 Å². The fourth-order valence-corrected chi connectivity index (χ4v) is 5.26. The summed E-state index contributed by atoms with van der Waals surface area (Å²) in [6, 6.07) is 9.53. The molecular weight excluding hydrogens is 437 g/mol. The standard InChI is InChI=1S/C20H26N5O4PS/c1-4-30(31,29-14-8-6-5-7-9-14)27-11-15-10-13(2)19(28-15)25-12-22-16-17(25)23-20(21)24-18(16)26-3/h5-9,12-13,15,19H,4,10-11H2,1-3H3,(H2,21,23,24)/t13-,15-,19+,30?/m0/s1. The fourth-order valence-electron chi connectivity index (χ4n) is 3.62. The molecule has 4 atom stereocenters. The third kappa shape index (κ3) is 4.67. The molecule has 1 aromatic carbocycles. The Bertz CT molecular complexity index is 1100.